The van der Waals surface area contributed by atoms with E-state index in [0.717, 1.165) is 31.2 Å². The number of hydrogen-bond acceptors (Lipinski definition) is 3. The van der Waals surface area contributed by atoms with Crippen LogP contribution in [-0.2, 0) is 23.2 Å². The van der Waals surface area contributed by atoms with Crippen LogP contribution >= 0.6 is 11.3 Å². The number of aryl methyl sites for hydroxylation is 2. The summed E-state index contributed by atoms with van der Waals surface area (Å²) in [7, 11) is 0. The van der Waals surface area contributed by atoms with Crippen LogP contribution in [-0.4, -0.2) is 17.6 Å². The van der Waals surface area contributed by atoms with Gasteiger partial charge < -0.3 is 10.4 Å². The van der Waals surface area contributed by atoms with Gasteiger partial charge in [-0.1, -0.05) is 30.3 Å². The van der Waals surface area contributed by atoms with Gasteiger partial charge in [-0.3, -0.25) is 4.79 Å². The minimum absolute atomic E-state index is 0.0260. The van der Waals surface area contributed by atoms with Gasteiger partial charge in [0.15, 0.2) is 0 Å². The molecule has 1 amide bonds. The second-order valence-electron chi connectivity index (χ2n) is 6.25. The average molecular weight is 329 g/mol. The van der Waals surface area contributed by atoms with Crippen LogP contribution in [0.5, 0.6) is 0 Å². The third-order valence-corrected chi connectivity index (χ3v) is 5.48. The third kappa shape index (κ3) is 4.01. The number of aliphatic hydroxyl groups is 1. The molecule has 0 saturated carbocycles. The fraction of sp³-hybridized carbons (Fsp3) is 0.421. The van der Waals surface area contributed by atoms with Crippen molar-refractivity contribution in [3.05, 3.63) is 57.8 Å². The van der Waals surface area contributed by atoms with Gasteiger partial charge >= 0.3 is 0 Å². The van der Waals surface area contributed by atoms with E-state index in [2.05, 4.69) is 22.8 Å². The first-order valence-corrected chi connectivity index (χ1v) is 9.15. The Morgan fingerprint density at radius 2 is 2.13 bits per heavy atom. The maximum absolute atomic E-state index is 12.0. The van der Waals surface area contributed by atoms with E-state index in [9.17, 15) is 9.90 Å². The lowest BCUT2D eigenvalue weighted by molar-refractivity contribution is -0.122. The van der Waals surface area contributed by atoms with Crippen molar-refractivity contribution in [2.75, 3.05) is 6.54 Å². The van der Waals surface area contributed by atoms with Crippen LogP contribution in [0.25, 0.3) is 0 Å². The summed E-state index contributed by atoms with van der Waals surface area (Å²) in [6.07, 6.45) is 4.98. The molecule has 1 aromatic heterocycles. The van der Waals surface area contributed by atoms with Gasteiger partial charge in [-0.15, -0.1) is 11.3 Å². The Bertz CT molecular complexity index is 653. The zero-order valence-electron chi connectivity index (χ0n) is 13.3. The zero-order valence-corrected chi connectivity index (χ0v) is 14.1. The molecule has 1 aliphatic rings. The Balaban J connectivity index is 1.50. The van der Waals surface area contributed by atoms with E-state index in [-0.39, 0.29) is 5.91 Å². The van der Waals surface area contributed by atoms with Gasteiger partial charge in [-0.2, -0.15) is 0 Å². The Morgan fingerprint density at radius 3 is 2.96 bits per heavy atom. The van der Waals surface area contributed by atoms with Crippen molar-refractivity contribution in [2.24, 2.45) is 0 Å². The van der Waals surface area contributed by atoms with Crippen molar-refractivity contribution in [2.45, 2.75) is 44.1 Å². The molecule has 0 spiro atoms. The molecule has 1 aromatic carbocycles. The van der Waals surface area contributed by atoms with Crippen LogP contribution in [0, 0.1) is 0 Å². The highest BCUT2D eigenvalue weighted by molar-refractivity contribution is 7.09. The number of nitrogens with one attached hydrogen (secondary N) is 1. The predicted molar refractivity (Wildman–Crippen MR) is 93.5 cm³/mol. The smallest absolute Gasteiger partial charge is 0.220 e. The van der Waals surface area contributed by atoms with E-state index in [1.165, 1.54) is 10.4 Å². The first-order valence-electron chi connectivity index (χ1n) is 8.27. The molecule has 1 unspecified atom stereocenters. The zero-order chi connectivity index (χ0) is 16.1. The molecule has 1 heterocycles. The van der Waals surface area contributed by atoms with Crippen LogP contribution in [0.2, 0.25) is 0 Å². The lowest BCUT2D eigenvalue weighted by atomic mass is 9.79. The molecule has 3 nitrogen and oxygen atoms in total. The fourth-order valence-corrected chi connectivity index (χ4v) is 4.04. The number of carbonyl (C=O) groups is 1. The van der Waals surface area contributed by atoms with Crippen molar-refractivity contribution in [3.63, 3.8) is 0 Å². The lowest BCUT2D eigenvalue weighted by Crippen LogP contribution is -2.42. The Labute approximate surface area is 141 Å². The molecule has 0 aliphatic heterocycles. The number of amides is 1. The summed E-state index contributed by atoms with van der Waals surface area (Å²) in [6, 6.07) is 12.2. The Morgan fingerprint density at radius 1 is 1.26 bits per heavy atom. The fourth-order valence-electron chi connectivity index (χ4n) is 3.29. The summed E-state index contributed by atoms with van der Waals surface area (Å²) in [5.74, 6) is 0.0260. The van der Waals surface area contributed by atoms with Crippen LogP contribution in [0.1, 0.15) is 41.7 Å². The molecule has 1 aliphatic carbocycles. The monoisotopic (exact) mass is 329 g/mol. The summed E-state index contributed by atoms with van der Waals surface area (Å²) >= 11 is 1.73. The maximum atomic E-state index is 12.0. The predicted octanol–water partition coefficient (Wildman–Crippen LogP) is 3.41. The van der Waals surface area contributed by atoms with E-state index in [0.29, 0.717) is 19.4 Å². The van der Waals surface area contributed by atoms with Crippen molar-refractivity contribution < 1.29 is 9.90 Å². The molecule has 122 valence electrons. The van der Waals surface area contributed by atoms with Crippen LogP contribution in [0.4, 0.5) is 0 Å². The van der Waals surface area contributed by atoms with Crippen molar-refractivity contribution in [1.82, 2.24) is 5.32 Å². The first kappa shape index (κ1) is 16.2. The molecule has 0 bridgehead atoms. The number of rotatable bonds is 6. The molecule has 2 aromatic rings. The van der Waals surface area contributed by atoms with Gasteiger partial charge in [0.05, 0.1) is 6.54 Å². The van der Waals surface area contributed by atoms with E-state index in [4.69, 9.17) is 0 Å². The molecule has 4 heteroatoms. The lowest BCUT2D eigenvalue weighted by Gasteiger charge is -2.34. The normalized spacial score (nSPS) is 20.0. The van der Waals surface area contributed by atoms with E-state index in [1.807, 2.05) is 24.3 Å². The van der Waals surface area contributed by atoms with Gasteiger partial charge in [0.2, 0.25) is 5.91 Å². The number of fused-ring (bicyclic) bond motifs is 1. The number of hydrogen-bond donors (Lipinski definition) is 2. The standard InChI is InChI=1S/C19H23NO2S/c21-18(11-3-8-16-9-5-13-23-16)20-14-19(22)12-4-7-15-6-1-2-10-17(15)19/h1-2,5-6,9-10,13,22H,3-4,7-8,11-12,14H2,(H,20,21). The van der Waals surface area contributed by atoms with Gasteiger partial charge in [0.1, 0.15) is 5.60 Å². The highest BCUT2D eigenvalue weighted by Gasteiger charge is 2.34. The Kier molecular flexibility index (Phi) is 5.13. The van der Waals surface area contributed by atoms with E-state index in [1.54, 1.807) is 11.3 Å². The second-order valence-corrected chi connectivity index (χ2v) is 7.28. The summed E-state index contributed by atoms with van der Waals surface area (Å²) in [5.41, 5.74) is 1.26. The molecule has 0 fully saturated rings. The molecule has 0 radical (unpaired) electrons. The molecule has 2 N–H and O–H groups in total. The van der Waals surface area contributed by atoms with Gasteiger partial charge in [-0.25, -0.2) is 0 Å². The van der Waals surface area contributed by atoms with Crippen molar-refractivity contribution >= 4 is 17.2 Å². The van der Waals surface area contributed by atoms with Crippen molar-refractivity contribution in [1.29, 1.82) is 0 Å². The van der Waals surface area contributed by atoms with Crippen molar-refractivity contribution in [3.8, 4) is 0 Å². The first-order chi connectivity index (χ1) is 11.2. The molecule has 3 rings (SSSR count). The van der Waals surface area contributed by atoms with Crippen LogP contribution < -0.4 is 5.32 Å². The quantitative estimate of drug-likeness (QED) is 0.853. The largest absolute Gasteiger partial charge is 0.383 e. The highest BCUT2D eigenvalue weighted by Crippen LogP contribution is 2.34. The minimum Gasteiger partial charge on any atom is -0.383 e. The van der Waals surface area contributed by atoms with Crippen LogP contribution in [0.3, 0.4) is 0 Å². The Hall–Kier alpha value is -1.65. The average Bonchev–Trinajstić information content (AvgIpc) is 3.07. The topological polar surface area (TPSA) is 49.3 Å². The number of carbonyl (C=O) groups excluding carboxylic acids is 1. The molecule has 1 atom stereocenters. The van der Waals surface area contributed by atoms with Gasteiger partial charge in [0.25, 0.3) is 0 Å². The van der Waals surface area contributed by atoms with Gasteiger partial charge in [0, 0.05) is 11.3 Å². The highest BCUT2D eigenvalue weighted by atomic mass is 32.1. The summed E-state index contributed by atoms with van der Waals surface area (Å²) in [6.45, 7) is 0.307. The van der Waals surface area contributed by atoms with E-state index < -0.39 is 5.60 Å². The molecule has 0 saturated heterocycles. The van der Waals surface area contributed by atoms with Gasteiger partial charge in [-0.05, 0) is 54.7 Å². The molecule has 23 heavy (non-hydrogen) atoms. The van der Waals surface area contributed by atoms with Crippen LogP contribution in [0.15, 0.2) is 41.8 Å². The SMILES string of the molecule is O=C(CCCc1cccs1)NCC1(O)CCCc2ccccc21. The number of benzene rings is 1. The number of thiophene rings is 1. The molecular formula is C19H23NO2S. The summed E-state index contributed by atoms with van der Waals surface area (Å²) in [5, 5.41) is 15.9. The molecular weight excluding hydrogens is 306 g/mol. The minimum atomic E-state index is -0.918. The summed E-state index contributed by atoms with van der Waals surface area (Å²) < 4.78 is 0. The maximum Gasteiger partial charge on any atom is 0.220 e. The summed E-state index contributed by atoms with van der Waals surface area (Å²) in [4.78, 5) is 13.4. The third-order valence-electron chi connectivity index (χ3n) is 4.54. The van der Waals surface area contributed by atoms with E-state index >= 15 is 0 Å². The second kappa shape index (κ2) is 7.28.